The maximum atomic E-state index is 13.6. The molecule has 3 aromatic rings. The lowest BCUT2D eigenvalue weighted by Crippen LogP contribution is -2.30. The quantitative estimate of drug-likeness (QED) is 0.265. The first-order chi connectivity index (χ1) is 18.3. The second-order valence-electron chi connectivity index (χ2n) is 9.58. The van der Waals surface area contributed by atoms with Gasteiger partial charge in [-0.1, -0.05) is 29.8 Å². The number of carbonyl (C=O) groups excluding carboxylic acids is 2. The number of ether oxygens (including phenoxy) is 2. The van der Waals surface area contributed by atoms with Gasteiger partial charge in [0.25, 0.3) is 11.7 Å². The maximum Gasteiger partial charge on any atom is 0.300 e. The number of rotatable bonds is 6. The summed E-state index contributed by atoms with van der Waals surface area (Å²) < 4.78 is 11.3. The van der Waals surface area contributed by atoms with Crippen LogP contribution in [0, 0.1) is 13.8 Å². The van der Waals surface area contributed by atoms with E-state index in [0.717, 1.165) is 35.5 Å². The number of nitrogens with zero attached hydrogens (tertiary/aromatic N) is 2. The van der Waals surface area contributed by atoms with E-state index in [1.807, 2.05) is 56.3 Å². The number of amides is 1. The molecule has 0 aromatic heterocycles. The lowest BCUT2D eigenvalue weighted by Gasteiger charge is -2.28. The summed E-state index contributed by atoms with van der Waals surface area (Å²) in [5.74, 6) is -0.578. The van der Waals surface area contributed by atoms with Crippen molar-refractivity contribution in [2.24, 2.45) is 0 Å². The average molecular weight is 513 g/mol. The lowest BCUT2D eigenvalue weighted by atomic mass is 9.94. The van der Waals surface area contributed by atoms with Crippen molar-refractivity contribution in [3.63, 3.8) is 0 Å². The van der Waals surface area contributed by atoms with E-state index in [0.29, 0.717) is 36.0 Å². The van der Waals surface area contributed by atoms with E-state index >= 15 is 0 Å². The van der Waals surface area contributed by atoms with Crippen LogP contribution in [0.1, 0.15) is 42.1 Å². The molecule has 3 aromatic carbocycles. The fourth-order valence-corrected chi connectivity index (χ4v) is 5.27. The van der Waals surface area contributed by atoms with Gasteiger partial charge in [-0.15, -0.1) is 0 Å². The third kappa shape index (κ3) is 4.38. The second-order valence-corrected chi connectivity index (χ2v) is 9.58. The van der Waals surface area contributed by atoms with Crippen LogP contribution in [0.3, 0.4) is 0 Å². The molecule has 0 aliphatic carbocycles. The zero-order valence-corrected chi connectivity index (χ0v) is 22.2. The summed E-state index contributed by atoms with van der Waals surface area (Å²) in [4.78, 5) is 30.8. The van der Waals surface area contributed by atoms with Gasteiger partial charge in [-0.3, -0.25) is 14.5 Å². The minimum atomic E-state index is -0.796. The fraction of sp³-hybridized carbons (Fsp3) is 0.290. The van der Waals surface area contributed by atoms with Crippen LogP contribution in [-0.4, -0.2) is 43.1 Å². The van der Waals surface area contributed by atoms with Gasteiger partial charge in [-0.25, -0.2) is 0 Å². The van der Waals surface area contributed by atoms with Crippen molar-refractivity contribution in [1.82, 2.24) is 0 Å². The molecule has 1 saturated heterocycles. The van der Waals surface area contributed by atoms with Gasteiger partial charge in [0.1, 0.15) is 19.0 Å². The van der Waals surface area contributed by atoms with E-state index in [1.165, 1.54) is 4.90 Å². The van der Waals surface area contributed by atoms with Gasteiger partial charge >= 0.3 is 0 Å². The van der Waals surface area contributed by atoms with Gasteiger partial charge in [-0.2, -0.15) is 0 Å². The summed E-state index contributed by atoms with van der Waals surface area (Å²) in [7, 11) is 0. The first kappa shape index (κ1) is 25.4. The zero-order chi connectivity index (χ0) is 27.0. The van der Waals surface area contributed by atoms with Crippen LogP contribution in [-0.2, 0) is 9.59 Å². The largest absolute Gasteiger partial charge is 0.507 e. The minimum Gasteiger partial charge on any atom is -0.507 e. The smallest absolute Gasteiger partial charge is 0.300 e. The predicted octanol–water partition coefficient (Wildman–Crippen LogP) is 5.55. The van der Waals surface area contributed by atoms with Crippen molar-refractivity contribution < 1.29 is 24.2 Å². The molecule has 5 rings (SSSR count). The van der Waals surface area contributed by atoms with E-state index in [4.69, 9.17) is 9.47 Å². The van der Waals surface area contributed by atoms with E-state index in [9.17, 15) is 14.7 Å². The molecule has 196 valence electrons. The maximum absolute atomic E-state index is 13.6. The molecule has 0 spiro atoms. The Hall–Kier alpha value is -4.26. The third-order valence-corrected chi connectivity index (χ3v) is 7.21. The minimum absolute atomic E-state index is 0.0437. The third-order valence-electron chi connectivity index (χ3n) is 7.21. The molecule has 1 amide bonds. The number of hydrogen-bond acceptors (Lipinski definition) is 6. The number of aliphatic hydroxyl groups excluding tert-OH is 1. The highest BCUT2D eigenvalue weighted by Gasteiger charge is 2.47. The summed E-state index contributed by atoms with van der Waals surface area (Å²) in [5, 5.41) is 11.5. The van der Waals surface area contributed by atoms with E-state index in [-0.39, 0.29) is 11.3 Å². The van der Waals surface area contributed by atoms with Crippen LogP contribution in [0.25, 0.3) is 5.76 Å². The normalized spacial score (nSPS) is 18.1. The number of Topliss-reactive ketones (excluding diaryl/α,β-unsaturated/α-hetero) is 1. The summed E-state index contributed by atoms with van der Waals surface area (Å²) >= 11 is 0. The topological polar surface area (TPSA) is 79.3 Å². The van der Waals surface area contributed by atoms with Crippen LogP contribution in [0.15, 0.2) is 66.2 Å². The highest BCUT2D eigenvalue weighted by molar-refractivity contribution is 6.51. The van der Waals surface area contributed by atoms with E-state index in [1.54, 1.807) is 18.2 Å². The number of carbonyl (C=O) groups is 2. The van der Waals surface area contributed by atoms with Gasteiger partial charge in [0.05, 0.1) is 11.6 Å². The summed E-state index contributed by atoms with van der Waals surface area (Å²) in [6, 6.07) is 17.8. The average Bonchev–Trinajstić information content (AvgIpc) is 3.19. The molecule has 0 saturated carbocycles. The first-order valence-electron chi connectivity index (χ1n) is 13.0. The molecule has 2 aliphatic heterocycles. The van der Waals surface area contributed by atoms with Gasteiger partial charge in [0.2, 0.25) is 0 Å². The number of benzene rings is 3. The molecule has 1 atom stereocenters. The molecular formula is C31H32N2O5. The van der Waals surface area contributed by atoms with Crippen LogP contribution < -0.4 is 19.3 Å². The number of aryl methyl sites for hydroxylation is 2. The number of fused-ring (bicyclic) bond motifs is 1. The molecule has 7 nitrogen and oxygen atoms in total. The molecule has 2 aliphatic rings. The highest BCUT2D eigenvalue weighted by atomic mass is 16.6. The molecule has 1 N–H and O–H groups in total. The Morgan fingerprint density at radius 1 is 0.921 bits per heavy atom. The predicted molar refractivity (Wildman–Crippen MR) is 148 cm³/mol. The van der Waals surface area contributed by atoms with E-state index in [2.05, 4.69) is 18.7 Å². The fourth-order valence-electron chi connectivity index (χ4n) is 5.27. The summed E-state index contributed by atoms with van der Waals surface area (Å²) in [6.45, 7) is 10.7. The molecule has 1 fully saturated rings. The van der Waals surface area contributed by atoms with Crippen molar-refractivity contribution in [1.29, 1.82) is 0 Å². The lowest BCUT2D eigenvalue weighted by molar-refractivity contribution is -0.132. The number of hydrogen-bond donors (Lipinski definition) is 1. The van der Waals surface area contributed by atoms with Crippen molar-refractivity contribution >= 4 is 28.8 Å². The number of ketones is 1. The van der Waals surface area contributed by atoms with Gasteiger partial charge in [0.15, 0.2) is 11.5 Å². The van der Waals surface area contributed by atoms with Crippen LogP contribution in [0.4, 0.5) is 11.4 Å². The Balaban J connectivity index is 1.68. The molecule has 7 heteroatoms. The van der Waals surface area contributed by atoms with Gasteiger partial charge in [0, 0.05) is 30.0 Å². The van der Waals surface area contributed by atoms with Crippen LogP contribution in [0.5, 0.6) is 11.5 Å². The van der Waals surface area contributed by atoms with Crippen molar-refractivity contribution in [2.45, 2.75) is 33.7 Å². The molecule has 38 heavy (non-hydrogen) atoms. The summed E-state index contributed by atoms with van der Waals surface area (Å²) in [5.41, 5.74) is 4.78. The number of aliphatic hydroxyl groups is 1. The standard InChI is InChI=1S/C31H32N2O5/c1-5-32(6-2)23-11-8-21(9-12-23)28-27(29(34)22-10-14-25-26(18-22)38-16-15-37-25)30(35)31(36)33(28)24-13-7-19(3)17-20(24)4/h7-14,17-18,28,34H,5-6,15-16H2,1-4H3/b29-27-. The highest BCUT2D eigenvalue weighted by Crippen LogP contribution is 2.44. The van der Waals surface area contributed by atoms with E-state index < -0.39 is 17.7 Å². The molecule has 2 heterocycles. The van der Waals surface area contributed by atoms with Crippen LogP contribution >= 0.6 is 0 Å². The van der Waals surface area contributed by atoms with Crippen LogP contribution in [0.2, 0.25) is 0 Å². The van der Waals surface area contributed by atoms with Gasteiger partial charge in [-0.05, 0) is 75.2 Å². The van der Waals surface area contributed by atoms with Crippen molar-refractivity contribution in [3.8, 4) is 11.5 Å². The van der Waals surface area contributed by atoms with Crippen molar-refractivity contribution in [2.75, 3.05) is 36.1 Å². The van der Waals surface area contributed by atoms with Gasteiger partial charge < -0.3 is 19.5 Å². The number of anilines is 2. The van der Waals surface area contributed by atoms with Crippen molar-refractivity contribution in [3.05, 3.63) is 88.5 Å². The second kappa shape index (κ2) is 10.2. The Labute approximate surface area is 222 Å². The molecule has 1 unspecified atom stereocenters. The summed E-state index contributed by atoms with van der Waals surface area (Å²) in [6.07, 6.45) is 0. The zero-order valence-electron chi connectivity index (χ0n) is 22.2. The monoisotopic (exact) mass is 512 g/mol. The first-order valence-corrected chi connectivity index (χ1v) is 13.0. The Kier molecular flexibility index (Phi) is 6.85. The Morgan fingerprint density at radius 2 is 1.61 bits per heavy atom. The molecule has 0 bridgehead atoms. The Morgan fingerprint density at radius 3 is 2.26 bits per heavy atom. The molecule has 0 radical (unpaired) electrons. The SMILES string of the molecule is CCN(CC)c1ccc(C2/C(=C(/O)c3ccc4c(c3)OCCO4)C(=O)C(=O)N2c2ccc(C)cc2C)cc1. The molecular weight excluding hydrogens is 480 g/mol. The Bertz CT molecular complexity index is 1420.